The van der Waals surface area contributed by atoms with Gasteiger partial charge in [-0.3, -0.25) is 10.1 Å². The second kappa shape index (κ2) is 7.99. The van der Waals surface area contributed by atoms with Crippen LogP contribution in [0.3, 0.4) is 0 Å². The molecule has 2 aromatic carbocycles. The normalized spacial score (nSPS) is 12.0. The highest BCUT2D eigenvalue weighted by Crippen LogP contribution is 2.37. The molecule has 0 saturated carbocycles. The molecule has 138 valence electrons. The average Bonchev–Trinajstić information content (AvgIpc) is 2.53. The van der Waals surface area contributed by atoms with Gasteiger partial charge >= 0.3 is 14.2 Å². The minimum absolute atomic E-state index is 0.0747. The number of nitro benzene ring substituents is 1. The number of alkyl halides is 3. The number of hydrogen-bond acceptors (Lipinski definition) is 5. The first-order valence-corrected chi connectivity index (χ1v) is 8.75. The van der Waals surface area contributed by atoms with Gasteiger partial charge in [-0.1, -0.05) is 16.2 Å². The lowest BCUT2D eigenvalue weighted by atomic mass is 10.1. The predicted octanol–water partition coefficient (Wildman–Crippen LogP) is 4.70. The van der Waals surface area contributed by atoms with E-state index in [1.807, 2.05) is 0 Å². The standard InChI is InChI=1S/C15H10ClF3NO5P/c16-12-8-10(15(17,18)19)1-4-14(12)25-11-2-3-13(20(21)22)9(7-11)5-6-26(23)24/h1-4,7-8H,5-6H2. The molecular weight excluding hydrogens is 398 g/mol. The number of nitro groups is 1. The topological polar surface area (TPSA) is 92.5 Å². The Kier molecular flexibility index (Phi) is 6.17. The molecule has 0 aliphatic heterocycles. The Bertz CT molecular complexity index is 860. The zero-order valence-electron chi connectivity index (χ0n) is 12.8. The van der Waals surface area contributed by atoms with Gasteiger partial charge in [0.2, 0.25) is 0 Å². The van der Waals surface area contributed by atoms with Gasteiger partial charge in [0.05, 0.1) is 15.5 Å². The molecule has 0 amide bonds. The average molecular weight is 408 g/mol. The lowest BCUT2D eigenvalue weighted by molar-refractivity contribution is -0.385. The first-order chi connectivity index (χ1) is 12.1. The van der Waals surface area contributed by atoms with Crippen molar-refractivity contribution in [1.82, 2.24) is 0 Å². The van der Waals surface area contributed by atoms with E-state index in [-0.39, 0.29) is 40.4 Å². The van der Waals surface area contributed by atoms with Gasteiger partial charge in [0, 0.05) is 18.1 Å². The van der Waals surface area contributed by atoms with E-state index in [4.69, 9.17) is 16.3 Å². The van der Waals surface area contributed by atoms with Crippen molar-refractivity contribution in [3.63, 3.8) is 0 Å². The molecule has 0 heterocycles. The van der Waals surface area contributed by atoms with Gasteiger partial charge in [-0.2, -0.15) is 13.2 Å². The summed E-state index contributed by atoms with van der Waals surface area (Å²) in [7, 11) is -2.72. The summed E-state index contributed by atoms with van der Waals surface area (Å²) in [6.45, 7) is 0. The van der Waals surface area contributed by atoms with Crippen molar-refractivity contribution in [3.8, 4) is 11.5 Å². The van der Waals surface area contributed by atoms with Crippen LogP contribution in [0.5, 0.6) is 11.5 Å². The smallest absolute Gasteiger partial charge is 0.416 e. The fourth-order valence-corrected chi connectivity index (χ4v) is 2.74. The number of halogens is 4. The van der Waals surface area contributed by atoms with Crippen molar-refractivity contribution in [2.45, 2.75) is 12.6 Å². The van der Waals surface area contributed by atoms with Crippen LogP contribution < -0.4 is 9.63 Å². The van der Waals surface area contributed by atoms with Crippen molar-refractivity contribution < 1.29 is 32.3 Å². The molecule has 0 aromatic heterocycles. The molecule has 1 unspecified atom stereocenters. The summed E-state index contributed by atoms with van der Waals surface area (Å²) in [5, 5.41) is 10.7. The summed E-state index contributed by atoms with van der Waals surface area (Å²) < 4.78 is 54.0. The molecule has 0 aliphatic rings. The first-order valence-electron chi connectivity index (χ1n) is 7.01. The Morgan fingerprint density at radius 1 is 1.19 bits per heavy atom. The SMILES string of the molecule is O=[N+]([O-])c1ccc(Oc2ccc(C(F)(F)F)cc2Cl)cc1CC[P+](=O)[O-]. The van der Waals surface area contributed by atoms with Crippen LogP contribution in [-0.4, -0.2) is 11.1 Å². The van der Waals surface area contributed by atoms with E-state index in [0.29, 0.717) is 6.07 Å². The maximum atomic E-state index is 12.6. The molecule has 2 rings (SSSR count). The second-order valence-corrected chi connectivity index (χ2v) is 6.62. The van der Waals surface area contributed by atoms with Crippen LogP contribution in [0.1, 0.15) is 11.1 Å². The molecule has 11 heteroatoms. The Balaban J connectivity index is 2.30. The number of benzene rings is 2. The summed E-state index contributed by atoms with van der Waals surface area (Å²) in [6.07, 6.45) is -4.95. The third kappa shape index (κ3) is 5.14. The lowest BCUT2D eigenvalue weighted by Gasteiger charge is -2.12. The Hall–Kier alpha value is -2.22. The van der Waals surface area contributed by atoms with E-state index in [1.165, 1.54) is 12.1 Å². The Morgan fingerprint density at radius 2 is 1.88 bits per heavy atom. The molecule has 6 nitrogen and oxygen atoms in total. The molecule has 26 heavy (non-hydrogen) atoms. The third-order valence-corrected chi connectivity index (χ3v) is 4.18. The van der Waals surface area contributed by atoms with Crippen LogP contribution in [-0.2, 0) is 17.2 Å². The van der Waals surface area contributed by atoms with Gasteiger partial charge in [0.15, 0.2) is 0 Å². The van der Waals surface area contributed by atoms with Crippen LogP contribution in [0.4, 0.5) is 18.9 Å². The highest BCUT2D eigenvalue weighted by molar-refractivity contribution is 7.36. The third-order valence-electron chi connectivity index (χ3n) is 3.30. The summed E-state index contributed by atoms with van der Waals surface area (Å²) in [5.41, 5.74) is -1.11. The van der Waals surface area contributed by atoms with Gasteiger partial charge in [0.1, 0.15) is 17.7 Å². The fourth-order valence-electron chi connectivity index (χ4n) is 2.10. The van der Waals surface area contributed by atoms with Gasteiger partial charge in [-0.25, -0.2) is 0 Å². The molecule has 0 bridgehead atoms. The first kappa shape index (κ1) is 20.1. The lowest BCUT2D eigenvalue weighted by Crippen LogP contribution is -2.04. The summed E-state index contributed by atoms with van der Waals surface area (Å²) in [4.78, 5) is 21.1. The van der Waals surface area contributed by atoms with Crippen molar-refractivity contribution in [2.24, 2.45) is 0 Å². The van der Waals surface area contributed by atoms with Gasteiger partial charge in [-0.15, -0.1) is 0 Å². The zero-order valence-corrected chi connectivity index (χ0v) is 14.5. The van der Waals surface area contributed by atoms with Crippen molar-refractivity contribution in [3.05, 3.63) is 62.7 Å². The minimum Gasteiger partial charge on any atom is -0.596 e. The molecule has 0 radical (unpaired) electrons. The van der Waals surface area contributed by atoms with Crippen LogP contribution in [0, 0.1) is 10.1 Å². The van der Waals surface area contributed by atoms with E-state index >= 15 is 0 Å². The minimum atomic E-state index is -4.56. The number of nitrogens with zero attached hydrogens (tertiary/aromatic N) is 1. The summed E-state index contributed by atoms with van der Waals surface area (Å²) in [6, 6.07) is 6.14. The van der Waals surface area contributed by atoms with Crippen LogP contribution in [0.15, 0.2) is 36.4 Å². The molecule has 0 spiro atoms. The molecule has 2 aromatic rings. The quantitative estimate of drug-likeness (QED) is 0.393. The summed E-state index contributed by atoms with van der Waals surface area (Å²) >= 11 is 5.80. The predicted molar refractivity (Wildman–Crippen MR) is 85.8 cm³/mol. The van der Waals surface area contributed by atoms with E-state index in [2.05, 4.69) is 0 Å². The Morgan fingerprint density at radius 3 is 2.42 bits per heavy atom. The van der Waals surface area contributed by atoms with Crippen molar-refractivity contribution in [1.29, 1.82) is 0 Å². The van der Waals surface area contributed by atoms with E-state index in [9.17, 15) is 32.7 Å². The molecule has 0 N–H and O–H groups in total. The van der Waals surface area contributed by atoms with E-state index in [0.717, 1.165) is 18.2 Å². The maximum absolute atomic E-state index is 12.6. The number of aryl methyl sites for hydroxylation is 1. The molecule has 1 atom stereocenters. The van der Waals surface area contributed by atoms with Crippen LogP contribution in [0.2, 0.25) is 5.02 Å². The fraction of sp³-hybridized carbons (Fsp3) is 0.200. The van der Waals surface area contributed by atoms with Crippen molar-refractivity contribution in [2.75, 3.05) is 6.16 Å². The van der Waals surface area contributed by atoms with Gasteiger partial charge in [0.25, 0.3) is 5.69 Å². The van der Waals surface area contributed by atoms with Gasteiger partial charge < -0.3 is 9.63 Å². The summed E-state index contributed by atoms with van der Waals surface area (Å²) in [5.74, 6) is 0.00255. The highest BCUT2D eigenvalue weighted by atomic mass is 35.5. The Labute approximate surface area is 151 Å². The largest absolute Gasteiger partial charge is 0.596 e. The monoisotopic (exact) mass is 407 g/mol. The molecule has 0 saturated heterocycles. The van der Waals surface area contributed by atoms with E-state index < -0.39 is 24.7 Å². The molecule has 0 fully saturated rings. The highest BCUT2D eigenvalue weighted by Gasteiger charge is 2.31. The zero-order chi connectivity index (χ0) is 19.5. The molecule has 0 aliphatic carbocycles. The van der Waals surface area contributed by atoms with E-state index in [1.54, 1.807) is 0 Å². The second-order valence-electron chi connectivity index (χ2n) is 5.10. The number of hydrogen-bond donors (Lipinski definition) is 0. The number of rotatable bonds is 6. The maximum Gasteiger partial charge on any atom is 0.416 e. The molecular formula is C15H10ClF3NO5P. The van der Waals surface area contributed by atoms with Crippen LogP contribution >= 0.6 is 19.6 Å². The van der Waals surface area contributed by atoms with Crippen molar-refractivity contribution >= 4 is 25.3 Å². The van der Waals surface area contributed by atoms with Gasteiger partial charge in [-0.05, 0) is 30.3 Å². The van der Waals surface area contributed by atoms with Crippen LogP contribution in [0.25, 0.3) is 0 Å². The number of ether oxygens (including phenoxy) is 1.